The third-order valence-electron chi connectivity index (χ3n) is 9.99. The van der Waals surface area contributed by atoms with Gasteiger partial charge >= 0.3 is 0 Å². The lowest BCUT2D eigenvalue weighted by molar-refractivity contribution is 1.66. The fourth-order valence-electron chi connectivity index (χ4n) is 7.77. The Labute approximate surface area is 263 Å². The molecule has 0 radical (unpaired) electrons. The lowest BCUT2D eigenvalue weighted by atomic mass is 9.88. The second kappa shape index (κ2) is 9.37. The van der Waals surface area contributed by atoms with Crippen molar-refractivity contribution >= 4 is 73.8 Å². The van der Waals surface area contributed by atoms with Gasteiger partial charge in [-0.1, -0.05) is 115 Å². The van der Waals surface area contributed by atoms with Crippen molar-refractivity contribution in [1.82, 2.24) is 0 Å². The molecule has 10 rings (SSSR count). The van der Waals surface area contributed by atoms with Crippen LogP contribution in [0.5, 0.6) is 0 Å². The molecule has 0 amide bonds. The van der Waals surface area contributed by atoms with E-state index in [1.807, 2.05) is 0 Å². The maximum atomic E-state index is 3.23. The van der Waals surface area contributed by atoms with E-state index >= 15 is 0 Å². The van der Waals surface area contributed by atoms with Crippen molar-refractivity contribution in [2.45, 2.75) is 0 Å². The maximum Gasteiger partial charge on any atom is -0.00197 e. The Balaban J connectivity index is 1.14. The fourth-order valence-corrected chi connectivity index (χ4v) is 9.29. The normalized spacial score (nSPS) is 13.3. The van der Waals surface area contributed by atoms with Gasteiger partial charge in [-0.15, -0.1) is 5.73 Å². The molecular weight excluding hydrogens is 559 g/mol. The van der Waals surface area contributed by atoms with E-state index in [1.54, 1.807) is 0 Å². The van der Waals surface area contributed by atoms with Gasteiger partial charge < -0.3 is 0 Å². The molecule has 8 aromatic carbocycles. The average Bonchev–Trinajstić information content (AvgIpc) is 3.71. The van der Waals surface area contributed by atoms with Crippen LogP contribution < -0.4 is 10.6 Å². The van der Waals surface area contributed by atoms with E-state index in [-0.39, 0.29) is 0 Å². The topological polar surface area (TPSA) is 0 Å². The van der Waals surface area contributed by atoms with Gasteiger partial charge in [0.15, 0.2) is 0 Å². The van der Waals surface area contributed by atoms with E-state index in [4.69, 9.17) is 0 Å². The standard InChI is InChI=1S/C44H27P/c1-45(32-22-18-27-8-6-9-29(27)24-32)31-20-16-28(17-21-31)30-19-23-38-40(25-30)34-11-3-5-13-36(34)42-26-41-35-12-4-2-10-33(35)37-14-7-15-39(43(37)41)44(38)42/h2-5,7-26H,1H3. The molecule has 2 aliphatic carbocycles. The quantitative estimate of drug-likeness (QED) is 0.110. The van der Waals surface area contributed by atoms with E-state index in [0.29, 0.717) is 0 Å². The van der Waals surface area contributed by atoms with Gasteiger partial charge in [0.2, 0.25) is 0 Å². The summed E-state index contributed by atoms with van der Waals surface area (Å²) in [4.78, 5) is 0. The van der Waals surface area contributed by atoms with Crippen molar-refractivity contribution in [1.29, 1.82) is 0 Å². The number of benzene rings is 8. The zero-order valence-corrected chi connectivity index (χ0v) is 25.7. The van der Waals surface area contributed by atoms with Crippen LogP contribution in [0.2, 0.25) is 0 Å². The molecule has 45 heavy (non-hydrogen) atoms. The van der Waals surface area contributed by atoms with Crippen molar-refractivity contribution < 1.29 is 0 Å². The van der Waals surface area contributed by atoms with Crippen LogP contribution in [-0.2, 0) is 0 Å². The molecule has 0 saturated heterocycles. The zero-order valence-electron chi connectivity index (χ0n) is 24.8. The van der Waals surface area contributed by atoms with Gasteiger partial charge in [0.25, 0.3) is 0 Å². The molecule has 0 fully saturated rings. The second-order valence-electron chi connectivity index (χ2n) is 12.3. The summed E-state index contributed by atoms with van der Waals surface area (Å²) < 4.78 is 0. The molecule has 0 heterocycles. The highest BCUT2D eigenvalue weighted by molar-refractivity contribution is 7.72. The Hall–Kier alpha value is -5.25. The molecule has 0 N–H and O–H groups in total. The summed E-state index contributed by atoms with van der Waals surface area (Å²) in [5.41, 5.74) is 13.7. The summed E-state index contributed by atoms with van der Waals surface area (Å²) in [7, 11) is -0.427. The minimum Gasteiger partial charge on any atom is -0.120 e. The molecule has 1 heteroatoms. The monoisotopic (exact) mass is 586 g/mol. The smallest absolute Gasteiger partial charge is 0.00197 e. The predicted octanol–water partition coefficient (Wildman–Crippen LogP) is 11.3. The molecule has 1 unspecified atom stereocenters. The molecule has 8 aromatic rings. The molecule has 0 aliphatic heterocycles. The summed E-state index contributed by atoms with van der Waals surface area (Å²) in [5.74, 6) is 0. The Bertz CT molecular complexity index is 2630. The van der Waals surface area contributed by atoms with Gasteiger partial charge in [0.05, 0.1) is 0 Å². The first kappa shape index (κ1) is 25.1. The highest BCUT2D eigenvalue weighted by Gasteiger charge is 2.24. The van der Waals surface area contributed by atoms with Crippen LogP contribution in [0.15, 0.2) is 139 Å². The van der Waals surface area contributed by atoms with Crippen molar-refractivity contribution in [2.75, 3.05) is 6.66 Å². The van der Waals surface area contributed by atoms with Gasteiger partial charge in [0.1, 0.15) is 0 Å². The van der Waals surface area contributed by atoms with Gasteiger partial charge in [-0.05, 0) is 143 Å². The van der Waals surface area contributed by atoms with Crippen LogP contribution in [0.3, 0.4) is 0 Å². The first-order valence-corrected chi connectivity index (χ1v) is 17.4. The highest BCUT2D eigenvalue weighted by atomic mass is 31.1. The third kappa shape index (κ3) is 3.59. The second-order valence-corrected chi connectivity index (χ2v) is 14.5. The van der Waals surface area contributed by atoms with Crippen molar-refractivity contribution in [2.24, 2.45) is 0 Å². The third-order valence-corrected chi connectivity index (χ3v) is 12.1. The van der Waals surface area contributed by atoms with Crippen LogP contribution in [0.25, 0.3) is 88.6 Å². The average molecular weight is 587 g/mol. The van der Waals surface area contributed by atoms with Gasteiger partial charge in [-0.25, -0.2) is 0 Å². The first-order valence-electron chi connectivity index (χ1n) is 15.6. The van der Waals surface area contributed by atoms with Crippen molar-refractivity contribution in [3.8, 4) is 33.4 Å². The van der Waals surface area contributed by atoms with Crippen LogP contribution in [0.4, 0.5) is 0 Å². The van der Waals surface area contributed by atoms with Crippen LogP contribution in [0, 0.1) is 0 Å². The van der Waals surface area contributed by atoms with Crippen LogP contribution in [0.1, 0.15) is 11.1 Å². The summed E-state index contributed by atoms with van der Waals surface area (Å²) in [6, 6.07) is 50.3. The lowest BCUT2D eigenvalue weighted by Crippen LogP contribution is -2.11. The summed E-state index contributed by atoms with van der Waals surface area (Å²) in [6.07, 6.45) is 4.15. The van der Waals surface area contributed by atoms with Gasteiger partial charge in [0, 0.05) is 0 Å². The Kier molecular flexibility index (Phi) is 5.23. The lowest BCUT2D eigenvalue weighted by Gasteiger charge is -2.16. The molecule has 1 atom stereocenters. The number of rotatable bonds is 3. The molecule has 0 aromatic heterocycles. The Morgan fingerprint density at radius 2 is 1.07 bits per heavy atom. The molecule has 0 nitrogen and oxygen atoms in total. The summed E-state index contributed by atoms with van der Waals surface area (Å²) in [6.45, 7) is 2.36. The van der Waals surface area contributed by atoms with E-state index in [1.165, 1.54) is 98.2 Å². The number of fused-ring (bicyclic) bond motifs is 11. The predicted molar refractivity (Wildman–Crippen MR) is 197 cm³/mol. The fraction of sp³-hybridized carbons (Fsp3) is 0.0227. The van der Waals surface area contributed by atoms with Crippen LogP contribution >= 0.6 is 7.92 Å². The Morgan fingerprint density at radius 1 is 0.400 bits per heavy atom. The number of hydrogen-bond donors (Lipinski definition) is 0. The van der Waals surface area contributed by atoms with Crippen LogP contribution in [-0.4, -0.2) is 6.66 Å². The molecule has 2 aliphatic rings. The minimum atomic E-state index is -0.427. The van der Waals surface area contributed by atoms with E-state index in [9.17, 15) is 0 Å². The minimum absolute atomic E-state index is 0.427. The first-order chi connectivity index (χ1) is 22.2. The molecule has 208 valence electrons. The molecule has 0 spiro atoms. The zero-order chi connectivity index (χ0) is 29.6. The molecule has 0 bridgehead atoms. The van der Waals surface area contributed by atoms with Gasteiger partial charge in [-0.3, -0.25) is 0 Å². The summed E-state index contributed by atoms with van der Waals surface area (Å²) in [5, 5.41) is 13.5. The number of hydrogen-bond acceptors (Lipinski definition) is 0. The van der Waals surface area contributed by atoms with Crippen molar-refractivity contribution in [3.05, 3.63) is 150 Å². The van der Waals surface area contributed by atoms with E-state index in [2.05, 4.69) is 158 Å². The van der Waals surface area contributed by atoms with Crippen molar-refractivity contribution in [3.63, 3.8) is 0 Å². The van der Waals surface area contributed by atoms with E-state index < -0.39 is 7.92 Å². The summed E-state index contributed by atoms with van der Waals surface area (Å²) >= 11 is 0. The largest absolute Gasteiger partial charge is 0.120 e. The SMILES string of the molecule is CP(c1ccc(-c2ccc3c(c2)c2ccccc2c2cc4c5c(cccc5c32)-c2ccccc2-4)cc1)c1ccc2c(c1)C=C=C2. The molecular formula is C44H27P. The Morgan fingerprint density at radius 3 is 1.91 bits per heavy atom. The highest BCUT2D eigenvalue weighted by Crippen LogP contribution is 2.51. The maximum absolute atomic E-state index is 3.23. The van der Waals surface area contributed by atoms with Gasteiger partial charge in [-0.2, -0.15) is 0 Å². The van der Waals surface area contributed by atoms with E-state index in [0.717, 1.165) is 0 Å². The molecule has 0 saturated carbocycles.